The van der Waals surface area contributed by atoms with Gasteiger partial charge in [0.2, 0.25) is 5.88 Å². The van der Waals surface area contributed by atoms with Crippen LogP contribution in [0.15, 0.2) is 18.6 Å². The van der Waals surface area contributed by atoms with Gasteiger partial charge >= 0.3 is 5.97 Å². The van der Waals surface area contributed by atoms with E-state index < -0.39 is 5.97 Å². The van der Waals surface area contributed by atoms with Gasteiger partial charge in [0, 0.05) is 7.05 Å². The molecule has 1 N–H and O–H groups in total. The Kier molecular flexibility index (Phi) is 2.73. The number of carboxylic acid groups (broad SMARTS) is 1. The fourth-order valence-electron chi connectivity index (χ4n) is 1.45. The summed E-state index contributed by atoms with van der Waals surface area (Å²) in [6.45, 7) is 0. The lowest BCUT2D eigenvalue weighted by atomic mass is 10.2. The first kappa shape index (κ1) is 11.1. The molecule has 0 unspecified atom stereocenters. The Hall–Kier alpha value is -2.44. The largest absolute Gasteiger partial charge is 0.480 e. The van der Waals surface area contributed by atoms with Crippen molar-refractivity contribution in [2.24, 2.45) is 7.05 Å². The summed E-state index contributed by atoms with van der Waals surface area (Å²) in [5.41, 5.74) is 0.883. The summed E-state index contributed by atoms with van der Waals surface area (Å²) in [5.74, 6) is -0.743. The van der Waals surface area contributed by atoms with E-state index in [9.17, 15) is 4.79 Å². The van der Waals surface area contributed by atoms with Crippen LogP contribution in [0.1, 0.15) is 10.5 Å². The number of carbonyl (C=O) groups is 1. The number of aryl methyl sites for hydroxylation is 1. The molecule has 0 aliphatic rings. The van der Waals surface area contributed by atoms with Gasteiger partial charge in [0.05, 0.1) is 37.0 Å². The van der Waals surface area contributed by atoms with E-state index >= 15 is 0 Å². The third kappa shape index (κ3) is 1.94. The molecule has 0 aliphatic heterocycles. The van der Waals surface area contributed by atoms with Gasteiger partial charge in [-0.1, -0.05) is 0 Å². The lowest BCUT2D eigenvalue weighted by Gasteiger charge is -2.02. The molecule has 2 aromatic rings. The first-order chi connectivity index (χ1) is 8.13. The number of rotatable bonds is 3. The van der Waals surface area contributed by atoms with Crippen LogP contribution in [0.25, 0.3) is 11.3 Å². The summed E-state index contributed by atoms with van der Waals surface area (Å²) in [6, 6.07) is 0. The molecule has 0 amide bonds. The smallest absolute Gasteiger partial charge is 0.354 e. The van der Waals surface area contributed by atoms with Crippen molar-refractivity contribution in [3.05, 3.63) is 24.3 Å². The van der Waals surface area contributed by atoms with E-state index in [1.165, 1.54) is 30.4 Å². The lowest BCUT2D eigenvalue weighted by Crippen LogP contribution is -2.07. The number of nitrogens with zero attached hydrogens (tertiary/aromatic N) is 4. The third-order valence-corrected chi connectivity index (χ3v) is 2.24. The zero-order valence-electron chi connectivity index (χ0n) is 9.28. The number of carboxylic acids is 1. The number of aromatic nitrogens is 4. The van der Waals surface area contributed by atoms with Crippen LogP contribution in [-0.2, 0) is 7.05 Å². The summed E-state index contributed by atoms with van der Waals surface area (Å²) in [4.78, 5) is 19.1. The van der Waals surface area contributed by atoms with Crippen molar-refractivity contribution < 1.29 is 14.6 Å². The third-order valence-electron chi connectivity index (χ3n) is 2.24. The maximum Gasteiger partial charge on any atom is 0.354 e. The van der Waals surface area contributed by atoms with E-state index in [1.54, 1.807) is 7.05 Å². The summed E-state index contributed by atoms with van der Waals surface area (Å²) >= 11 is 0. The minimum Gasteiger partial charge on any atom is -0.480 e. The minimum atomic E-state index is -1.07. The molecular formula is C10H10N4O3. The molecule has 0 saturated carbocycles. The Labute approximate surface area is 96.7 Å². The number of hydrogen-bond donors (Lipinski definition) is 1. The van der Waals surface area contributed by atoms with Crippen LogP contribution < -0.4 is 4.74 Å². The van der Waals surface area contributed by atoms with E-state index in [1.807, 2.05) is 0 Å². The highest BCUT2D eigenvalue weighted by molar-refractivity contribution is 5.93. The Balaban J connectivity index is 2.56. The quantitative estimate of drug-likeness (QED) is 0.835. The summed E-state index contributed by atoms with van der Waals surface area (Å²) < 4.78 is 6.21. The molecule has 2 heterocycles. The summed E-state index contributed by atoms with van der Waals surface area (Å²) in [6.07, 6.45) is 4.35. The van der Waals surface area contributed by atoms with Gasteiger partial charge in [-0.25, -0.2) is 9.78 Å². The van der Waals surface area contributed by atoms with Gasteiger partial charge in [-0.15, -0.1) is 0 Å². The molecule has 17 heavy (non-hydrogen) atoms. The fourth-order valence-corrected chi connectivity index (χ4v) is 1.45. The van der Waals surface area contributed by atoms with Gasteiger partial charge in [-0.3, -0.25) is 9.67 Å². The molecule has 0 radical (unpaired) electrons. The van der Waals surface area contributed by atoms with Gasteiger partial charge in [0.1, 0.15) is 0 Å². The SMILES string of the molecule is COc1cncc(-c2cnn(C)c2C(=O)O)n1. The zero-order valence-corrected chi connectivity index (χ0v) is 9.28. The fraction of sp³-hybridized carbons (Fsp3) is 0.200. The molecule has 0 bridgehead atoms. The Morgan fingerprint density at radius 2 is 2.18 bits per heavy atom. The van der Waals surface area contributed by atoms with Gasteiger partial charge in [-0.05, 0) is 0 Å². The van der Waals surface area contributed by atoms with Crippen molar-refractivity contribution in [1.82, 2.24) is 19.7 Å². The van der Waals surface area contributed by atoms with Crippen molar-refractivity contribution in [3.8, 4) is 17.1 Å². The van der Waals surface area contributed by atoms with Gasteiger partial charge < -0.3 is 9.84 Å². The van der Waals surface area contributed by atoms with Gasteiger partial charge in [0.25, 0.3) is 0 Å². The summed E-state index contributed by atoms with van der Waals surface area (Å²) in [5, 5.41) is 13.0. The van der Waals surface area contributed by atoms with E-state index in [0.29, 0.717) is 17.1 Å². The van der Waals surface area contributed by atoms with Crippen LogP contribution in [0.5, 0.6) is 5.88 Å². The van der Waals surface area contributed by atoms with E-state index in [0.717, 1.165) is 0 Å². The van der Waals surface area contributed by atoms with Crippen molar-refractivity contribution >= 4 is 5.97 Å². The first-order valence-corrected chi connectivity index (χ1v) is 4.75. The Morgan fingerprint density at radius 3 is 2.82 bits per heavy atom. The maximum atomic E-state index is 11.1. The Morgan fingerprint density at radius 1 is 1.41 bits per heavy atom. The first-order valence-electron chi connectivity index (χ1n) is 4.75. The van der Waals surface area contributed by atoms with E-state index in [4.69, 9.17) is 9.84 Å². The predicted octanol–water partition coefficient (Wildman–Crippen LogP) is 0.584. The molecule has 0 aliphatic carbocycles. The molecule has 88 valence electrons. The number of ether oxygens (including phenoxy) is 1. The highest BCUT2D eigenvalue weighted by Gasteiger charge is 2.18. The van der Waals surface area contributed by atoms with Crippen molar-refractivity contribution in [3.63, 3.8) is 0 Å². The average molecular weight is 234 g/mol. The van der Waals surface area contributed by atoms with Gasteiger partial charge in [-0.2, -0.15) is 5.10 Å². The van der Waals surface area contributed by atoms with Gasteiger partial charge in [0.15, 0.2) is 5.69 Å². The number of methoxy groups -OCH3 is 1. The standard InChI is InChI=1S/C10H10N4O3/c1-14-9(10(15)16)6(3-12-14)7-4-11-5-8(13-7)17-2/h3-5H,1-2H3,(H,15,16). The number of aromatic carboxylic acids is 1. The van der Waals surface area contributed by atoms with Crippen LogP contribution in [0.4, 0.5) is 0 Å². The molecule has 0 atom stereocenters. The molecule has 2 aromatic heterocycles. The molecule has 0 fully saturated rings. The van der Waals surface area contributed by atoms with Crippen LogP contribution in [-0.4, -0.2) is 37.9 Å². The van der Waals surface area contributed by atoms with Crippen LogP contribution in [0, 0.1) is 0 Å². The molecule has 0 saturated heterocycles. The lowest BCUT2D eigenvalue weighted by molar-refractivity contribution is 0.0686. The van der Waals surface area contributed by atoms with E-state index in [-0.39, 0.29) is 5.69 Å². The minimum absolute atomic E-state index is 0.0625. The van der Waals surface area contributed by atoms with Crippen LogP contribution >= 0.6 is 0 Å². The van der Waals surface area contributed by atoms with Crippen molar-refractivity contribution in [2.45, 2.75) is 0 Å². The monoisotopic (exact) mass is 234 g/mol. The molecule has 7 heteroatoms. The maximum absolute atomic E-state index is 11.1. The highest BCUT2D eigenvalue weighted by Crippen LogP contribution is 2.22. The second-order valence-electron chi connectivity index (χ2n) is 3.28. The van der Waals surface area contributed by atoms with Crippen LogP contribution in [0.2, 0.25) is 0 Å². The van der Waals surface area contributed by atoms with Crippen molar-refractivity contribution in [2.75, 3.05) is 7.11 Å². The Bertz CT molecular complexity index is 564. The summed E-state index contributed by atoms with van der Waals surface area (Å²) in [7, 11) is 3.02. The molecule has 0 spiro atoms. The molecule has 0 aromatic carbocycles. The number of hydrogen-bond acceptors (Lipinski definition) is 5. The van der Waals surface area contributed by atoms with Crippen LogP contribution in [0.3, 0.4) is 0 Å². The normalized spacial score (nSPS) is 10.2. The predicted molar refractivity (Wildman–Crippen MR) is 57.7 cm³/mol. The van der Waals surface area contributed by atoms with Crippen molar-refractivity contribution in [1.29, 1.82) is 0 Å². The molecular weight excluding hydrogens is 224 g/mol. The highest BCUT2D eigenvalue weighted by atomic mass is 16.5. The topological polar surface area (TPSA) is 90.1 Å². The van der Waals surface area contributed by atoms with E-state index in [2.05, 4.69) is 15.1 Å². The second-order valence-corrected chi connectivity index (χ2v) is 3.28. The average Bonchev–Trinajstić information content (AvgIpc) is 2.71. The second kappa shape index (κ2) is 4.20. The molecule has 2 rings (SSSR count). The zero-order chi connectivity index (χ0) is 12.4. The molecule has 7 nitrogen and oxygen atoms in total.